The third-order valence-electron chi connectivity index (χ3n) is 4.36. The lowest BCUT2D eigenvalue weighted by molar-refractivity contribution is 0.130. The molecule has 0 heterocycles. The van der Waals surface area contributed by atoms with Crippen LogP contribution in [0.15, 0.2) is 72.8 Å². The Hall–Kier alpha value is -2.38. The van der Waals surface area contributed by atoms with E-state index in [-0.39, 0.29) is 0 Å². The summed E-state index contributed by atoms with van der Waals surface area (Å²) in [4.78, 5) is 0. The van der Waals surface area contributed by atoms with E-state index in [0.717, 1.165) is 33.4 Å². The molecule has 3 aromatic rings. The topological polar surface area (TPSA) is 20.2 Å². The van der Waals surface area contributed by atoms with Crippen LogP contribution in [0.1, 0.15) is 22.3 Å². The van der Waals surface area contributed by atoms with Crippen molar-refractivity contribution in [3.8, 4) is 11.1 Å². The van der Waals surface area contributed by atoms with E-state index in [9.17, 15) is 5.11 Å². The molecule has 0 saturated carbocycles. The van der Waals surface area contributed by atoms with Crippen molar-refractivity contribution in [3.63, 3.8) is 0 Å². The van der Waals surface area contributed by atoms with Gasteiger partial charge >= 0.3 is 0 Å². The van der Waals surface area contributed by atoms with E-state index in [0.29, 0.717) is 0 Å². The SMILES string of the molecule is Cc1ccc2c(c1)C(O)(c1ccccc1)c1ccccc1-2. The third kappa shape index (κ3) is 1.61. The van der Waals surface area contributed by atoms with Crippen molar-refractivity contribution in [1.82, 2.24) is 0 Å². The number of aryl methyl sites for hydroxylation is 1. The predicted octanol–water partition coefficient (Wildman–Crippen LogP) is 4.26. The van der Waals surface area contributed by atoms with Gasteiger partial charge in [-0.3, -0.25) is 0 Å². The third-order valence-corrected chi connectivity index (χ3v) is 4.36. The molecule has 0 aliphatic heterocycles. The molecule has 1 aliphatic carbocycles. The second-order valence-electron chi connectivity index (χ2n) is 5.67. The van der Waals surface area contributed by atoms with Crippen LogP contribution in [0.3, 0.4) is 0 Å². The molecule has 1 atom stereocenters. The molecule has 3 aromatic carbocycles. The van der Waals surface area contributed by atoms with E-state index < -0.39 is 5.60 Å². The van der Waals surface area contributed by atoms with Gasteiger partial charge in [0.15, 0.2) is 0 Å². The highest BCUT2D eigenvalue weighted by Crippen LogP contribution is 2.50. The Morgan fingerprint density at radius 1 is 0.714 bits per heavy atom. The molecule has 0 bridgehead atoms. The molecule has 0 spiro atoms. The Bertz CT molecular complexity index is 820. The maximum atomic E-state index is 11.6. The Kier molecular flexibility index (Phi) is 2.54. The first-order chi connectivity index (χ1) is 10.2. The minimum atomic E-state index is -1.06. The van der Waals surface area contributed by atoms with Crippen molar-refractivity contribution in [2.24, 2.45) is 0 Å². The molecule has 1 unspecified atom stereocenters. The molecule has 0 saturated heterocycles. The minimum absolute atomic E-state index is 0.918. The van der Waals surface area contributed by atoms with E-state index in [1.165, 1.54) is 0 Å². The monoisotopic (exact) mass is 272 g/mol. The summed E-state index contributed by atoms with van der Waals surface area (Å²) in [5, 5.41) is 11.6. The zero-order chi connectivity index (χ0) is 14.4. The van der Waals surface area contributed by atoms with Crippen LogP contribution in [-0.2, 0) is 5.60 Å². The first kappa shape index (κ1) is 12.4. The molecule has 1 heteroatoms. The van der Waals surface area contributed by atoms with E-state index in [2.05, 4.69) is 31.2 Å². The Labute approximate surface area is 124 Å². The number of hydrogen-bond donors (Lipinski definition) is 1. The van der Waals surface area contributed by atoms with Gasteiger partial charge in [0.2, 0.25) is 0 Å². The van der Waals surface area contributed by atoms with Gasteiger partial charge in [-0.1, -0.05) is 78.4 Å². The van der Waals surface area contributed by atoms with Crippen molar-refractivity contribution < 1.29 is 5.11 Å². The van der Waals surface area contributed by atoms with Crippen LogP contribution in [0.4, 0.5) is 0 Å². The maximum absolute atomic E-state index is 11.6. The summed E-state index contributed by atoms with van der Waals surface area (Å²) in [7, 11) is 0. The average molecular weight is 272 g/mol. The van der Waals surface area contributed by atoms with Crippen molar-refractivity contribution in [2.75, 3.05) is 0 Å². The number of rotatable bonds is 1. The molecule has 1 nitrogen and oxygen atoms in total. The molecule has 1 N–H and O–H groups in total. The van der Waals surface area contributed by atoms with Crippen LogP contribution >= 0.6 is 0 Å². The summed E-state index contributed by atoms with van der Waals surface area (Å²) in [5.41, 5.74) is 5.23. The predicted molar refractivity (Wildman–Crippen MR) is 85.2 cm³/mol. The van der Waals surface area contributed by atoms with Gasteiger partial charge in [-0.2, -0.15) is 0 Å². The molecule has 0 radical (unpaired) electrons. The van der Waals surface area contributed by atoms with E-state index in [1.54, 1.807) is 0 Å². The summed E-state index contributed by atoms with van der Waals surface area (Å²) in [5.74, 6) is 0. The smallest absolute Gasteiger partial charge is 0.141 e. The lowest BCUT2D eigenvalue weighted by atomic mass is 9.84. The van der Waals surface area contributed by atoms with Crippen molar-refractivity contribution in [1.29, 1.82) is 0 Å². The molecular formula is C20H16O. The number of hydrogen-bond acceptors (Lipinski definition) is 1. The zero-order valence-corrected chi connectivity index (χ0v) is 11.9. The number of benzene rings is 3. The summed E-state index contributed by atoms with van der Waals surface area (Å²) in [6.07, 6.45) is 0. The van der Waals surface area contributed by atoms with Crippen LogP contribution in [0.5, 0.6) is 0 Å². The number of fused-ring (bicyclic) bond motifs is 3. The highest BCUT2D eigenvalue weighted by atomic mass is 16.3. The van der Waals surface area contributed by atoms with Gasteiger partial charge in [-0.25, -0.2) is 0 Å². The minimum Gasteiger partial charge on any atom is -0.376 e. The van der Waals surface area contributed by atoms with Crippen LogP contribution in [0.2, 0.25) is 0 Å². The fraction of sp³-hybridized carbons (Fsp3) is 0.100. The first-order valence-electron chi connectivity index (χ1n) is 7.20. The molecule has 1 aliphatic rings. The highest BCUT2D eigenvalue weighted by molar-refractivity contribution is 5.82. The van der Waals surface area contributed by atoms with Gasteiger partial charge < -0.3 is 5.11 Å². The maximum Gasteiger partial charge on any atom is 0.141 e. The van der Waals surface area contributed by atoms with Crippen LogP contribution < -0.4 is 0 Å². The first-order valence-corrected chi connectivity index (χ1v) is 7.20. The van der Waals surface area contributed by atoms with E-state index in [4.69, 9.17) is 0 Å². The molecular weight excluding hydrogens is 256 g/mol. The Morgan fingerprint density at radius 3 is 2.19 bits per heavy atom. The molecule has 4 rings (SSSR count). The average Bonchev–Trinajstić information content (AvgIpc) is 2.79. The van der Waals surface area contributed by atoms with Gasteiger partial charge in [-0.05, 0) is 23.6 Å². The van der Waals surface area contributed by atoms with Gasteiger partial charge in [-0.15, -0.1) is 0 Å². The van der Waals surface area contributed by atoms with Crippen molar-refractivity contribution in [3.05, 3.63) is 95.1 Å². The summed E-state index contributed by atoms with van der Waals surface area (Å²) < 4.78 is 0. The van der Waals surface area contributed by atoms with E-state index in [1.807, 2.05) is 48.5 Å². The summed E-state index contributed by atoms with van der Waals surface area (Å²) in [6.45, 7) is 2.06. The van der Waals surface area contributed by atoms with Gasteiger partial charge in [0.05, 0.1) is 0 Å². The number of aliphatic hydroxyl groups is 1. The van der Waals surface area contributed by atoms with Crippen LogP contribution in [0, 0.1) is 6.92 Å². The Morgan fingerprint density at radius 2 is 1.38 bits per heavy atom. The van der Waals surface area contributed by atoms with Crippen LogP contribution in [0.25, 0.3) is 11.1 Å². The van der Waals surface area contributed by atoms with Gasteiger partial charge in [0.25, 0.3) is 0 Å². The highest BCUT2D eigenvalue weighted by Gasteiger charge is 2.42. The second-order valence-corrected chi connectivity index (χ2v) is 5.67. The molecule has 102 valence electrons. The van der Waals surface area contributed by atoms with Gasteiger partial charge in [0, 0.05) is 11.1 Å². The van der Waals surface area contributed by atoms with E-state index >= 15 is 0 Å². The largest absolute Gasteiger partial charge is 0.376 e. The fourth-order valence-electron chi connectivity index (χ4n) is 3.36. The lowest BCUT2D eigenvalue weighted by Crippen LogP contribution is -2.26. The fourth-order valence-corrected chi connectivity index (χ4v) is 3.36. The molecule has 21 heavy (non-hydrogen) atoms. The molecule has 0 aromatic heterocycles. The van der Waals surface area contributed by atoms with Crippen LogP contribution in [-0.4, -0.2) is 5.11 Å². The Balaban J connectivity index is 2.10. The second kappa shape index (κ2) is 4.31. The normalized spacial score (nSPS) is 19.1. The van der Waals surface area contributed by atoms with Crippen molar-refractivity contribution >= 4 is 0 Å². The molecule has 0 amide bonds. The summed E-state index contributed by atoms with van der Waals surface area (Å²) >= 11 is 0. The van der Waals surface area contributed by atoms with Gasteiger partial charge in [0.1, 0.15) is 5.60 Å². The zero-order valence-electron chi connectivity index (χ0n) is 11.9. The van der Waals surface area contributed by atoms with Crippen molar-refractivity contribution in [2.45, 2.75) is 12.5 Å². The molecule has 0 fully saturated rings. The quantitative estimate of drug-likeness (QED) is 0.701. The lowest BCUT2D eigenvalue weighted by Gasteiger charge is -2.26. The standard InChI is InChI=1S/C20H16O/c1-14-11-12-17-16-9-5-6-10-18(16)20(21,19(17)13-14)15-7-3-2-4-8-15/h2-13,21H,1H3. The summed E-state index contributed by atoms with van der Waals surface area (Å²) in [6, 6.07) is 24.4.